The van der Waals surface area contributed by atoms with Crippen molar-refractivity contribution < 1.29 is 55.0 Å². The van der Waals surface area contributed by atoms with Gasteiger partial charge in [-0.25, -0.2) is 13.2 Å². The number of benzene rings is 1. The standard InChI is InChI=1S/C41H52F3N5O9S/c1-23-11-6-7-12-25-21-40(25,36(52)48-59(54,55)39(5)16-17-39)47-32(50)30-20-26(57-34-29-14-9-8-13-27(29)28-15-10-18-56-33(28)46-34)22-49(30)35(51)31(24(2)19-23)45-37(53)58-38(3,4)41(42,43)44/h7-9,12-14,23-26,30-31H,6,10-11,15-22H2,1-5H3,(H,45,53)(H,47,50)(H,48,52). The van der Waals surface area contributed by atoms with Gasteiger partial charge in [-0.05, 0) is 95.4 Å². The summed E-state index contributed by atoms with van der Waals surface area (Å²) in [4.78, 5) is 62.4. The Morgan fingerprint density at radius 1 is 1.08 bits per heavy atom. The van der Waals surface area contributed by atoms with E-state index in [1.807, 2.05) is 37.3 Å². The third-order valence-corrected chi connectivity index (χ3v) is 14.7. The van der Waals surface area contributed by atoms with Gasteiger partial charge in [-0.1, -0.05) is 44.2 Å². The zero-order valence-electron chi connectivity index (χ0n) is 33.8. The smallest absolute Gasteiger partial charge is 0.427 e. The van der Waals surface area contributed by atoms with Gasteiger partial charge in [0.1, 0.15) is 23.7 Å². The molecule has 3 fully saturated rings. The molecule has 0 bridgehead atoms. The molecule has 14 nitrogen and oxygen atoms in total. The number of amides is 4. The fourth-order valence-corrected chi connectivity index (χ4v) is 9.65. The Balaban J connectivity index is 1.24. The molecule has 2 saturated carbocycles. The summed E-state index contributed by atoms with van der Waals surface area (Å²) in [7, 11) is -4.08. The molecule has 0 spiro atoms. The second-order valence-corrected chi connectivity index (χ2v) is 19.9. The lowest BCUT2D eigenvalue weighted by Crippen LogP contribution is -2.59. The van der Waals surface area contributed by atoms with E-state index in [1.54, 1.807) is 19.9 Å². The molecule has 0 radical (unpaired) electrons. The third-order valence-electron chi connectivity index (χ3n) is 12.6. The molecule has 1 aromatic heterocycles. The summed E-state index contributed by atoms with van der Waals surface area (Å²) in [5.41, 5.74) is -3.59. The molecule has 4 amide bonds. The summed E-state index contributed by atoms with van der Waals surface area (Å²) < 4.78 is 86.1. The molecule has 2 aliphatic carbocycles. The van der Waals surface area contributed by atoms with E-state index in [0.29, 0.717) is 63.8 Å². The lowest BCUT2D eigenvalue weighted by Gasteiger charge is -2.34. The largest absolute Gasteiger partial charge is 0.477 e. The zero-order valence-corrected chi connectivity index (χ0v) is 34.6. The number of hydrogen-bond acceptors (Lipinski definition) is 10. The first-order valence-corrected chi connectivity index (χ1v) is 21.8. The summed E-state index contributed by atoms with van der Waals surface area (Å²) in [5, 5.41) is 6.77. The predicted molar refractivity (Wildman–Crippen MR) is 209 cm³/mol. The topological polar surface area (TPSA) is 182 Å². The lowest BCUT2D eigenvalue weighted by molar-refractivity contribution is -0.244. The maximum atomic E-state index is 14.8. The SMILES string of the molecule is CC1CCC=CC2CC2(C(=O)NS(=O)(=O)C2(C)CC2)NC(=O)C2CC(Oc3nc4c(c5ccccc35)CCCO4)CN2C(=O)C(NC(=O)OC(C)(C)C(F)(F)F)C(C)C1. The zero-order chi connectivity index (χ0) is 42.7. The molecule has 3 N–H and O–H groups in total. The van der Waals surface area contributed by atoms with Gasteiger partial charge < -0.3 is 29.7 Å². The number of hydrogen-bond donors (Lipinski definition) is 3. The van der Waals surface area contributed by atoms with Crippen molar-refractivity contribution in [3.8, 4) is 11.8 Å². The second kappa shape index (κ2) is 15.4. The number of rotatable bonds is 7. The molecule has 3 aliphatic heterocycles. The van der Waals surface area contributed by atoms with Crippen molar-refractivity contribution >= 4 is 44.6 Å². The van der Waals surface area contributed by atoms with Gasteiger partial charge in [0.15, 0.2) is 0 Å². The average molecular weight is 848 g/mol. The number of ether oxygens (including phenoxy) is 3. The van der Waals surface area contributed by atoms with Crippen LogP contribution in [-0.4, -0.2) is 95.5 Å². The van der Waals surface area contributed by atoms with Gasteiger partial charge in [-0.3, -0.25) is 19.1 Å². The summed E-state index contributed by atoms with van der Waals surface area (Å²) in [6, 6.07) is 4.73. The summed E-state index contributed by atoms with van der Waals surface area (Å²) >= 11 is 0. The van der Waals surface area contributed by atoms with E-state index in [2.05, 4.69) is 15.4 Å². The minimum atomic E-state index is -4.91. The van der Waals surface area contributed by atoms with Crippen LogP contribution in [0.1, 0.15) is 91.5 Å². The summed E-state index contributed by atoms with van der Waals surface area (Å²) in [5.74, 6) is -3.03. The number of nitrogens with zero attached hydrogens (tertiary/aromatic N) is 2. The summed E-state index contributed by atoms with van der Waals surface area (Å²) in [6.45, 7) is 6.84. The molecular formula is C41H52F3N5O9S. The Bertz CT molecular complexity index is 2160. The van der Waals surface area contributed by atoms with Crippen molar-refractivity contribution in [3.63, 3.8) is 0 Å². The maximum absolute atomic E-state index is 14.8. The van der Waals surface area contributed by atoms with Crippen LogP contribution in [0.25, 0.3) is 10.8 Å². The second-order valence-electron chi connectivity index (χ2n) is 17.7. The predicted octanol–water partition coefficient (Wildman–Crippen LogP) is 5.23. The number of sulfonamides is 1. The molecule has 7 unspecified atom stereocenters. The number of aromatic nitrogens is 1. The Labute approximate surface area is 341 Å². The minimum Gasteiger partial charge on any atom is -0.477 e. The molecule has 2 aromatic rings. The average Bonchev–Trinajstić information content (AvgIpc) is 4.04. The highest BCUT2D eigenvalue weighted by Crippen LogP contribution is 2.48. The van der Waals surface area contributed by atoms with Gasteiger partial charge in [-0.2, -0.15) is 18.2 Å². The van der Waals surface area contributed by atoms with Gasteiger partial charge in [0.05, 0.1) is 17.9 Å². The van der Waals surface area contributed by atoms with Crippen LogP contribution in [0.15, 0.2) is 36.4 Å². The van der Waals surface area contributed by atoms with Crippen molar-refractivity contribution in [2.75, 3.05) is 13.2 Å². The van der Waals surface area contributed by atoms with Crippen LogP contribution in [-0.2, 0) is 35.6 Å². The van der Waals surface area contributed by atoms with E-state index in [0.717, 1.165) is 23.8 Å². The normalized spacial score (nSPS) is 29.7. The van der Waals surface area contributed by atoms with Crippen LogP contribution in [0.3, 0.4) is 0 Å². The van der Waals surface area contributed by atoms with E-state index < -0.39 is 85.9 Å². The molecule has 322 valence electrons. The Morgan fingerprint density at radius 3 is 2.49 bits per heavy atom. The van der Waals surface area contributed by atoms with Crippen LogP contribution < -0.4 is 24.8 Å². The highest BCUT2D eigenvalue weighted by atomic mass is 32.2. The summed E-state index contributed by atoms with van der Waals surface area (Å²) in [6.07, 6.45) is 0.267. The van der Waals surface area contributed by atoms with Crippen molar-refractivity contribution in [3.05, 3.63) is 42.0 Å². The van der Waals surface area contributed by atoms with Gasteiger partial charge in [0.2, 0.25) is 39.2 Å². The van der Waals surface area contributed by atoms with E-state index in [1.165, 1.54) is 4.90 Å². The number of carbonyl (C=O) groups is 4. The molecule has 5 aliphatic rings. The Kier molecular flexibility index (Phi) is 11.1. The third kappa shape index (κ3) is 8.42. The van der Waals surface area contributed by atoms with E-state index in [-0.39, 0.29) is 31.2 Å². The van der Waals surface area contributed by atoms with Crippen LogP contribution in [0.5, 0.6) is 11.8 Å². The van der Waals surface area contributed by atoms with E-state index in [9.17, 15) is 40.8 Å². The fourth-order valence-electron chi connectivity index (χ4n) is 8.34. The molecular weight excluding hydrogens is 796 g/mol. The quantitative estimate of drug-likeness (QED) is 0.312. The van der Waals surface area contributed by atoms with Gasteiger partial charge >= 0.3 is 12.3 Å². The van der Waals surface area contributed by atoms with Crippen molar-refractivity contribution in [2.24, 2.45) is 17.8 Å². The molecule has 4 heterocycles. The maximum Gasteiger partial charge on any atom is 0.427 e. The van der Waals surface area contributed by atoms with Crippen molar-refractivity contribution in [2.45, 2.75) is 133 Å². The van der Waals surface area contributed by atoms with Gasteiger partial charge in [0, 0.05) is 23.3 Å². The Hall–Kier alpha value is -4.61. The fraction of sp³-hybridized carbons (Fsp3) is 0.634. The number of allylic oxidation sites excluding steroid dienone is 1. The number of alkyl halides is 3. The van der Waals surface area contributed by atoms with Crippen LogP contribution >= 0.6 is 0 Å². The number of aryl methyl sites for hydroxylation is 1. The first-order chi connectivity index (χ1) is 27.6. The number of nitrogens with one attached hydrogen (secondary N) is 3. The van der Waals surface area contributed by atoms with E-state index in [4.69, 9.17) is 19.2 Å². The number of halogens is 3. The van der Waals surface area contributed by atoms with Crippen LogP contribution in [0.2, 0.25) is 0 Å². The van der Waals surface area contributed by atoms with Gasteiger partial charge in [-0.15, -0.1) is 0 Å². The monoisotopic (exact) mass is 847 g/mol. The van der Waals surface area contributed by atoms with Crippen molar-refractivity contribution in [1.82, 2.24) is 25.2 Å². The molecule has 18 heteroatoms. The van der Waals surface area contributed by atoms with Crippen LogP contribution in [0, 0.1) is 17.8 Å². The lowest BCUT2D eigenvalue weighted by atomic mass is 9.88. The van der Waals surface area contributed by atoms with Crippen LogP contribution in [0.4, 0.5) is 18.0 Å². The minimum absolute atomic E-state index is 0.0352. The van der Waals surface area contributed by atoms with Crippen molar-refractivity contribution in [1.29, 1.82) is 0 Å². The number of carbonyl (C=O) groups excluding carboxylic acids is 4. The molecule has 59 heavy (non-hydrogen) atoms. The molecule has 1 saturated heterocycles. The first-order valence-electron chi connectivity index (χ1n) is 20.3. The highest BCUT2D eigenvalue weighted by molar-refractivity contribution is 7.91. The molecule has 1 aromatic carbocycles. The molecule has 7 atom stereocenters. The highest BCUT2D eigenvalue weighted by Gasteiger charge is 2.63. The molecule has 7 rings (SSSR count). The van der Waals surface area contributed by atoms with Gasteiger partial charge in [0.25, 0.3) is 5.91 Å². The number of pyridine rings is 1. The number of alkyl carbamates (subject to hydrolysis) is 1. The first kappa shape index (κ1) is 42.5. The number of fused-ring (bicyclic) bond motifs is 5. The van der Waals surface area contributed by atoms with E-state index >= 15 is 0 Å². The Morgan fingerprint density at radius 2 is 1.80 bits per heavy atom.